The second-order valence-corrected chi connectivity index (χ2v) is 5.70. The molecule has 20 heavy (non-hydrogen) atoms. The molecule has 0 radical (unpaired) electrons. The molecule has 1 atom stereocenters. The average Bonchev–Trinajstić information content (AvgIpc) is 2.99. The van der Waals surface area contributed by atoms with E-state index in [0.29, 0.717) is 22.8 Å². The maximum Gasteiger partial charge on any atom is 0.224 e. The van der Waals surface area contributed by atoms with E-state index in [1.165, 1.54) is 25.9 Å². The van der Waals surface area contributed by atoms with Crippen LogP contribution in [0.25, 0.3) is 0 Å². The molecule has 1 fully saturated rings. The van der Waals surface area contributed by atoms with Crippen molar-refractivity contribution < 1.29 is 0 Å². The largest absolute Gasteiger partial charge is 0.367 e. The van der Waals surface area contributed by atoms with Gasteiger partial charge in [0.05, 0.1) is 6.20 Å². The topological polar surface area (TPSA) is 53.1 Å². The number of aromatic nitrogens is 2. The van der Waals surface area contributed by atoms with Gasteiger partial charge in [-0.05, 0) is 39.3 Å². The monoisotopic (exact) mass is 297 g/mol. The predicted octanol–water partition coefficient (Wildman–Crippen LogP) is 2.85. The van der Waals surface area contributed by atoms with Gasteiger partial charge in [-0.1, -0.05) is 18.5 Å². The number of hydrogen-bond acceptors (Lipinski definition) is 5. The third-order valence-electron chi connectivity index (χ3n) is 3.61. The van der Waals surface area contributed by atoms with Crippen molar-refractivity contribution >= 4 is 23.4 Å². The minimum atomic E-state index is 0.496. The quantitative estimate of drug-likeness (QED) is 0.810. The Labute approximate surface area is 126 Å². The Morgan fingerprint density at radius 2 is 2.10 bits per heavy atom. The molecule has 1 aliphatic heterocycles. The first-order valence-electron chi connectivity index (χ1n) is 7.45. The molecular weight excluding hydrogens is 274 g/mol. The first-order chi connectivity index (χ1) is 9.70. The van der Waals surface area contributed by atoms with Gasteiger partial charge in [0.1, 0.15) is 5.02 Å². The molecule has 2 heterocycles. The molecule has 2 N–H and O–H groups in total. The molecular formula is C14H24ClN5. The van der Waals surface area contributed by atoms with E-state index in [4.69, 9.17) is 11.6 Å². The highest BCUT2D eigenvalue weighted by molar-refractivity contribution is 6.32. The third-order valence-corrected chi connectivity index (χ3v) is 3.88. The zero-order valence-electron chi connectivity index (χ0n) is 12.3. The van der Waals surface area contributed by atoms with Gasteiger partial charge in [0, 0.05) is 19.1 Å². The van der Waals surface area contributed by atoms with Gasteiger partial charge in [-0.15, -0.1) is 0 Å². The Morgan fingerprint density at radius 1 is 1.35 bits per heavy atom. The Morgan fingerprint density at radius 3 is 2.80 bits per heavy atom. The van der Waals surface area contributed by atoms with Gasteiger partial charge in [-0.25, -0.2) is 4.98 Å². The van der Waals surface area contributed by atoms with Crippen LogP contribution in [0.2, 0.25) is 5.02 Å². The van der Waals surface area contributed by atoms with E-state index in [1.54, 1.807) is 6.20 Å². The molecule has 1 unspecified atom stereocenters. The molecule has 0 saturated carbocycles. The Balaban J connectivity index is 1.90. The number of nitrogens with one attached hydrogen (secondary N) is 2. The van der Waals surface area contributed by atoms with Crippen LogP contribution < -0.4 is 10.6 Å². The first kappa shape index (κ1) is 15.3. The van der Waals surface area contributed by atoms with Crippen LogP contribution in [0, 0.1) is 0 Å². The van der Waals surface area contributed by atoms with E-state index in [1.807, 2.05) is 0 Å². The van der Waals surface area contributed by atoms with E-state index >= 15 is 0 Å². The second kappa shape index (κ2) is 7.64. The van der Waals surface area contributed by atoms with Crippen LogP contribution in [0.4, 0.5) is 11.8 Å². The van der Waals surface area contributed by atoms with Crippen molar-refractivity contribution in [3.8, 4) is 0 Å². The first-order valence-corrected chi connectivity index (χ1v) is 7.83. The number of halogens is 1. The highest BCUT2D eigenvalue weighted by atomic mass is 35.5. The third kappa shape index (κ3) is 4.21. The second-order valence-electron chi connectivity index (χ2n) is 5.29. The lowest BCUT2D eigenvalue weighted by Gasteiger charge is -2.24. The van der Waals surface area contributed by atoms with Crippen molar-refractivity contribution in [3.63, 3.8) is 0 Å². The van der Waals surface area contributed by atoms with Crippen LogP contribution in [0.3, 0.4) is 0 Å². The lowest BCUT2D eigenvalue weighted by atomic mass is 10.3. The van der Waals surface area contributed by atoms with Gasteiger partial charge in [0.15, 0.2) is 5.82 Å². The number of nitrogens with zero attached hydrogens (tertiary/aromatic N) is 3. The molecule has 0 spiro atoms. The Bertz CT molecular complexity index is 420. The zero-order chi connectivity index (χ0) is 14.4. The molecule has 1 aromatic rings. The summed E-state index contributed by atoms with van der Waals surface area (Å²) >= 11 is 6.14. The molecule has 5 nitrogen and oxygen atoms in total. The van der Waals surface area contributed by atoms with Crippen LogP contribution in [0.5, 0.6) is 0 Å². The summed E-state index contributed by atoms with van der Waals surface area (Å²) < 4.78 is 0. The Kier molecular flexibility index (Phi) is 5.86. The van der Waals surface area contributed by atoms with Crippen molar-refractivity contribution in [2.75, 3.05) is 36.8 Å². The molecule has 1 aromatic heterocycles. The summed E-state index contributed by atoms with van der Waals surface area (Å²) in [5.41, 5.74) is 0. The molecule has 112 valence electrons. The summed E-state index contributed by atoms with van der Waals surface area (Å²) in [5.74, 6) is 1.35. The smallest absolute Gasteiger partial charge is 0.224 e. The van der Waals surface area contributed by atoms with Gasteiger partial charge in [0.2, 0.25) is 5.95 Å². The number of anilines is 2. The molecule has 6 heteroatoms. The van der Waals surface area contributed by atoms with Crippen LogP contribution in [0.1, 0.15) is 33.1 Å². The molecule has 1 aliphatic rings. The maximum atomic E-state index is 6.14. The van der Waals surface area contributed by atoms with Crippen molar-refractivity contribution in [1.82, 2.24) is 14.9 Å². The lowest BCUT2D eigenvalue weighted by molar-refractivity contribution is 0.269. The van der Waals surface area contributed by atoms with Gasteiger partial charge < -0.3 is 10.6 Å². The van der Waals surface area contributed by atoms with Crippen molar-refractivity contribution in [2.24, 2.45) is 0 Å². The maximum absolute atomic E-state index is 6.14. The minimum Gasteiger partial charge on any atom is -0.367 e. The normalized spacial score (nSPS) is 17.1. The fourth-order valence-electron chi connectivity index (χ4n) is 2.37. The van der Waals surface area contributed by atoms with Crippen molar-refractivity contribution in [3.05, 3.63) is 11.2 Å². The number of likely N-dealkylation sites (tertiary alicyclic amines) is 1. The Hall–Kier alpha value is -1.07. The summed E-state index contributed by atoms with van der Waals surface area (Å²) in [6, 6.07) is 0.496. The van der Waals surface area contributed by atoms with E-state index in [0.717, 1.165) is 19.5 Å². The fourth-order valence-corrected chi connectivity index (χ4v) is 2.53. The van der Waals surface area contributed by atoms with Crippen LogP contribution in [-0.4, -0.2) is 47.1 Å². The lowest BCUT2D eigenvalue weighted by Crippen LogP contribution is -2.35. The molecule has 0 aliphatic carbocycles. The van der Waals surface area contributed by atoms with Gasteiger partial charge in [-0.3, -0.25) is 4.90 Å². The summed E-state index contributed by atoms with van der Waals surface area (Å²) in [5, 5.41) is 7.09. The average molecular weight is 298 g/mol. The summed E-state index contributed by atoms with van der Waals surface area (Å²) in [6.07, 6.45) is 5.31. The van der Waals surface area contributed by atoms with Gasteiger partial charge in [0.25, 0.3) is 0 Å². The van der Waals surface area contributed by atoms with Crippen LogP contribution >= 0.6 is 11.6 Å². The highest BCUT2D eigenvalue weighted by Crippen LogP contribution is 2.20. The molecule has 2 rings (SSSR count). The molecule has 1 saturated heterocycles. The predicted molar refractivity (Wildman–Crippen MR) is 84.6 cm³/mol. The molecule has 0 amide bonds. The summed E-state index contributed by atoms with van der Waals surface area (Å²) in [7, 11) is 0. The van der Waals surface area contributed by atoms with E-state index in [9.17, 15) is 0 Å². The molecule has 0 bridgehead atoms. The summed E-state index contributed by atoms with van der Waals surface area (Å²) in [4.78, 5) is 11.1. The fraction of sp³-hybridized carbons (Fsp3) is 0.714. The van der Waals surface area contributed by atoms with Gasteiger partial charge in [-0.2, -0.15) is 4.98 Å². The van der Waals surface area contributed by atoms with E-state index < -0.39 is 0 Å². The number of rotatable bonds is 7. The van der Waals surface area contributed by atoms with Crippen molar-refractivity contribution in [1.29, 1.82) is 0 Å². The van der Waals surface area contributed by atoms with Gasteiger partial charge >= 0.3 is 0 Å². The highest BCUT2D eigenvalue weighted by Gasteiger charge is 2.18. The van der Waals surface area contributed by atoms with Crippen LogP contribution in [0.15, 0.2) is 6.20 Å². The summed E-state index contributed by atoms with van der Waals surface area (Å²) in [6.45, 7) is 8.46. The standard InChI is InChI=1S/C14H24ClN5/c1-3-6-16-14-18-10-12(15)13(19-14)17-9-11(2)20-7-4-5-8-20/h10-11H,3-9H2,1-2H3,(H2,16,17,18,19). The van der Waals surface area contributed by atoms with E-state index in [2.05, 4.69) is 39.3 Å². The minimum absolute atomic E-state index is 0.496. The zero-order valence-corrected chi connectivity index (χ0v) is 13.1. The van der Waals surface area contributed by atoms with Crippen molar-refractivity contribution in [2.45, 2.75) is 39.2 Å². The number of hydrogen-bond donors (Lipinski definition) is 2. The SMILES string of the molecule is CCCNc1ncc(Cl)c(NCC(C)N2CCCC2)n1. The van der Waals surface area contributed by atoms with E-state index in [-0.39, 0.29) is 0 Å². The molecule has 0 aromatic carbocycles. The van der Waals surface area contributed by atoms with Crippen LogP contribution in [-0.2, 0) is 0 Å².